The highest BCUT2D eigenvalue weighted by Gasteiger charge is 2.10. The van der Waals surface area contributed by atoms with Gasteiger partial charge in [0.15, 0.2) is 0 Å². The third kappa shape index (κ3) is 2.15. The standard InChI is InChI=1S/C12H9I3/c1-6-9-4-3-8(13)5-10(9)12(15)7(2)11(6)14/h3-5H,1-2H3. The van der Waals surface area contributed by atoms with Crippen molar-refractivity contribution < 1.29 is 0 Å². The molecule has 0 bridgehead atoms. The molecule has 3 heteroatoms. The molecule has 0 fully saturated rings. The van der Waals surface area contributed by atoms with Gasteiger partial charge in [0.25, 0.3) is 0 Å². The smallest absolute Gasteiger partial charge is 0.0249 e. The van der Waals surface area contributed by atoms with Crippen LogP contribution >= 0.6 is 67.8 Å². The molecule has 2 aromatic rings. The average molecular weight is 534 g/mol. The summed E-state index contributed by atoms with van der Waals surface area (Å²) < 4.78 is 4.08. The maximum atomic E-state index is 2.45. The maximum Gasteiger partial charge on any atom is 0.0249 e. The highest BCUT2D eigenvalue weighted by Crippen LogP contribution is 2.32. The Morgan fingerprint density at radius 1 is 0.800 bits per heavy atom. The molecule has 0 unspecified atom stereocenters. The zero-order valence-electron chi connectivity index (χ0n) is 8.37. The molecule has 78 valence electrons. The molecular weight excluding hydrogens is 525 g/mol. The first-order valence-corrected chi connectivity index (χ1v) is 7.79. The van der Waals surface area contributed by atoms with E-state index in [1.165, 1.54) is 32.6 Å². The lowest BCUT2D eigenvalue weighted by molar-refractivity contribution is 1.35. The Morgan fingerprint density at radius 3 is 2.13 bits per heavy atom. The van der Waals surface area contributed by atoms with E-state index in [0.717, 1.165) is 0 Å². The minimum Gasteiger partial charge on any atom is -0.0530 e. The van der Waals surface area contributed by atoms with Gasteiger partial charge in [-0.05, 0) is 116 Å². The van der Waals surface area contributed by atoms with Crippen molar-refractivity contribution in [2.45, 2.75) is 13.8 Å². The predicted octanol–water partition coefficient (Wildman–Crippen LogP) is 5.27. The first-order valence-electron chi connectivity index (χ1n) is 4.55. The Labute approximate surface area is 131 Å². The summed E-state index contributed by atoms with van der Waals surface area (Å²) in [7, 11) is 0. The largest absolute Gasteiger partial charge is 0.0530 e. The van der Waals surface area contributed by atoms with Gasteiger partial charge in [0.1, 0.15) is 0 Å². The Bertz CT molecular complexity index is 544. The quantitative estimate of drug-likeness (QED) is 0.405. The van der Waals surface area contributed by atoms with E-state index < -0.39 is 0 Å². The van der Waals surface area contributed by atoms with E-state index >= 15 is 0 Å². The molecule has 2 rings (SSSR count). The van der Waals surface area contributed by atoms with Crippen LogP contribution in [0.4, 0.5) is 0 Å². The molecule has 0 N–H and O–H groups in total. The van der Waals surface area contributed by atoms with Gasteiger partial charge in [0.2, 0.25) is 0 Å². The van der Waals surface area contributed by atoms with Crippen LogP contribution in [0.3, 0.4) is 0 Å². The first kappa shape index (κ1) is 12.3. The van der Waals surface area contributed by atoms with Crippen LogP contribution in [-0.2, 0) is 0 Å². The van der Waals surface area contributed by atoms with Gasteiger partial charge < -0.3 is 0 Å². The molecule has 0 spiro atoms. The second kappa shape index (κ2) is 4.64. The minimum atomic E-state index is 1.30. The monoisotopic (exact) mass is 534 g/mol. The molecule has 0 aromatic heterocycles. The van der Waals surface area contributed by atoms with E-state index in [9.17, 15) is 0 Å². The van der Waals surface area contributed by atoms with Gasteiger partial charge in [-0.2, -0.15) is 0 Å². The topological polar surface area (TPSA) is 0 Å². The number of rotatable bonds is 0. The molecule has 2 aromatic carbocycles. The average Bonchev–Trinajstić information content (AvgIpc) is 2.23. The summed E-state index contributed by atoms with van der Waals surface area (Å²) in [5.41, 5.74) is 2.81. The summed E-state index contributed by atoms with van der Waals surface area (Å²) in [5, 5.41) is 2.77. The van der Waals surface area contributed by atoms with Gasteiger partial charge in [0.05, 0.1) is 0 Å². The Morgan fingerprint density at radius 2 is 1.47 bits per heavy atom. The summed E-state index contributed by atoms with van der Waals surface area (Å²) >= 11 is 7.27. The molecule has 0 radical (unpaired) electrons. The fraction of sp³-hybridized carbons (Fsp3) is 0.167. The minimum absolute atomic E-state index is 1.30. The van der Waals surface area contributed by atoms with Gasteiger partial charge in [-0.25, -0.2) is 0 Å². The van der Waals surface area contributed by atoms with Gasteiger partial charge in [0, 0.05) is 10.7 Å². The highest BCUT2D eigenvalue weighted by atomic mass is 127. The number of hydrogen-bond donors (Lipinski definition) is 0. The highest BCUT2D eigenvalue weighted by molar-refractivity contribution is 14.1. The van der Waals surface area contributed by atoms with Crippen LogP contribution in [0.5, 0.6) is 0 Å². The number of benzene rings is 2. The van der Waals surface area contributed by atoms with Gasteiger partial charge >= 0.3 is 0 Å². The van der Waals surface area contributed by atoms with Crippen molar-refractivity contribution in [1.29, 1.82) is 0 Å². The van der Waals surface area contributed by atoms with Gasteiger partial charge in [-0.3, -0.25) is 0 Å². The third-order valence-corrected chi connectivity index (χ3v) is 6.29. The fourth-order valence-electron chi connectivity index (χ4n) is 1.72. The van der Waals surface area contributed by atoms with Crippen LogP contribution < -0.4 is 0 Å². The molecule has 15 heavy (non-hydrogen) atoms. The van der Waals surface area contributed by atoms with Crippen LogP contribution in [-0.4, -0.2) is 0 Å². The van der Waals surface area contributed by atoms with E-state index in [4.69, 9.17) is 0 Å². The van der Waals surface area contributed by atoms with Crippen LogP contribution in [0.15, 0.2) is 18.2 Å². The van der Waals surface area contributed by atoms with Gasteiger partial charge in [-0.1, -0.05) is 6.07 Å². The molecule has 0 aliphatic carbocycles. The summed E-state index contributed by atoms with van der Waals surface area (Å²) in [6.07, 6.45) is 0. The summed E-state index contributed by atoms with van der Waals surface area (Å²) in [6.45, 7) is 4.41. The van der Waals surface area contributed by atoms with Crippen LogP contribution in [0.1, 0.15) is 11.1 Å². The van der Waals surface area contributed by atoms with Crippen molar-refractivity contribution in [3.8, 4) is 0 Å². The van der Waals surface area contributed by atoms with E-state index in [2.05, 4.69) is 99.8 Å². The van der Waals surface area contributed by atoms with Crippen LogP contribution in [0.25, 0.3) is 10.8 Å². The third-order valence-electron chi connectivity index (χ3n) is 2.61. The van der Waals surface area contributed by atoms with Crippen LogP contribution in [0, 0.1) is 24.6 Å². The lowest BCUT2D eigenvalue weighted by Gasteiger charge is -2.11. The molecular formula is C12H9I3. The van der Waals surface area contributed by atoms with E-state index in [1.54, 1.807) is 0 Å². The summed E-state index contributed by atoms with van der Waals surface area (Å²) in [4.78, 5) is 0. The molecule has 0 aliphatic heterocycles. The normalized spacial score (nSPS) is 11.0. The zero-order valence-corrected chi connectivity index (χ0v) is 14.8. The summed E-state index contributed by atoms with van der Waals surface area (Å²) in [5.74, 6) is 0. The lowest BCUT2D eigenvalue weighted by Crippen LogP contribution is -1.93. The molecule has 0 heterocycles. The Kier molecular flexibility index (Phi) is 3.82. The Balaban J connectivity index is 3.00. The predicted molar refractivity (Wildman–Crippen MR) is 91.6 cm³/mol. The zero-order chi connectivity index (χ0) is 11.2. The van der Waals surface area contributed by atoms with Crippen molar-refractivity contribution in [2.24, 2.45) is 0 Å². The maximum absolute atomic E-state index is 2.45. The lowest BCUT2D eigenvalue weighted by atomic mass is 10.0. The first-order chi connectivity index (χ1) is 7.02. The summed E-state index contributed by atoms with van der Waals surface area (Å²) in [6, 6.07) is 6.68. The number of aryl methyl sites for hydroxylation is 1. The number of fused-ring (bicyclic) bond motifs is 1. The van der Waals surface area contributed by atoms with E-state index in [0.29, 0.717) is 0 Å². The van der Waals surface area contributed by atoms with Crippen molar-refractivity contribution in [2.75, 3.05) is 0 Å². The number of hydrogen-bond acceptors (Lipinski definition) is 0. The van der Waals surface area contributed by atoms with Crippen molar-refractivity contribution in [3.63, 3.8) is 0 Å². The Hall–Kier alpha value is 0.890. The molecule has 0 atom stereocenters. The SMILES string of the molecule is Cc1c(I)c(C)c2ccc(I)cc2c1I. The number of halogens is 3. The fourth-order valence-corrected chi connectivity index (χ4v) is 4.01. The second-order valence-electron chi connectivity index (χ2n) is 3.57. The molecule has 0 amide bonds. The van der Waals surface area contributed by atoms with Crippen LogP contribution in [0.2, 0.25) is 0 Å². The van der Waals surface area contributed by atoms with Crippen molar-refractivity contribution in [3.05, 3.63) is 40.0 Å². The van der Waals surface area contributed by atoms with E-state index in [1.807, 2.05) is 0 Å². The molecule has 0 aliphatic rings. The molecule has 0 nitrogen and oxygen atoms in total. The second-order valence-corrected chi connectivity index (χ2v) is 6.97. The van der Waals surface area contributed by atoms with Crippen molar-refractivity contribution in [1.82, 2.24) is 0 Å². The van der Waals surface area contributed by atoms with Gasteiger partial charge in [-0.15, -0.1) is 0 Å². The van der Waals surface area contributed by atoms with E-state index in [-0.39, 0.29) is 0 Å². The molecule has 0 saturated carbocycles. The molecule has 0 saturated heterocycles. The van der Waals surface area contributed by atoms with Crippen molar-refractivity contribution >= 4 is 78.5 Å².